The average molecular weight is 236 g/mol. The zero-order chi connectivity index (χ0) is 12.4. The van der Waals surface area contributed by atoms with Crippen LogP contribution in [-0.2, 0) is 4.79 Å². The molecule has 1 aliphatic rings. The van der Waals surface area contributed by atoms with Crippen molar-refractivity contribution in [1.29, 1.82) is 0 Å². The van der Waals surface area contributed by atoms with Gasteiger partial charge < -0.3 is 14.9 Å². The minimum absolute atomic E-state index is 0.137. The zero-order valence-corrected chi connectivity index (χ0v) is 9.38. The van der Waals surface area contributed by atoms with Crippen LogP contribution in [0.1, 0.15) is 25.0 Å². The molecule has 0 radical (unpaired) electrons. The highest BCUT2D eigenvalue weighted by Gasteiger charge is 2.27. The van der Waals surface area contributed by atoms with Crippen molar-refractivity contribution < 1.29 is 14.5 Å². The number of aryl methyl sites for hydroxylation is 1. The summed E-state index contributed by atoms with van der Waals surface area (Å²) in [5.41, 5.74) is 0.562. The molecule has 0 aromatic carbocycles. The lowest BCUT2D eigenvalue weighted by Crippen LogP contribution is -2.13. The van der Waals surface area contributed by atoms with E-state index < -0.39 is 4.92 Å². The van der Waals surface area contributed by atoms with E-state index in [1.54, 1.807) is 13.0 Å². The Morgan fingerprint density at radius 3 is 2.88 bits per heavy atom. The Morgan fingerprint density at radius 1 is 1.53 bits per heavy atom. The molecule has 17 heavy (non-hydrogen) atoms. The quantitative estimate of drug-likeness (QED) is 0.590. The number of carbonyl (C=O) groups excluding carboxylic acids is 1. The highest BCUT2D eigenvalue weighted by Crippen LogP contribution is 2.28. The van der Waals surface area contributed by atoms with Gasteiger partial charge in [0.1, 0.15) is 17.6 Å². The van der Waals surface area contributed by atoms with E-state index in [2.05, 4.69) is 4.98 Å². The molecule has 0 saturated heterocycles. The SMILES string of the molecule is Cc1ccc(OC2CCC(=O)C2)c([N+](=O)[O-])n1. The summed E-state index contributed by atoms with van der Waals surface area (Å²) in [7, 11) is 0. The van der Waals surface area contributed by atoms with Gasteiger partial charge >= 0.3 is 5.82 Å². The molecule has 90 valence electrons. The fraction of sp³-hybridized carbons (Fsp3) is 0.455. The summed E-state index contributed by atoms with van der Waals surface area (Å²) in [4.78, 5) is 25.1. The number of hydrogen-bond donors (Lipinski definition) is 0. The van der Waals surface area contributed by atoms with Crippen molar-refractivity contribution in [2.45, 2.75) is 32.3 Å². The van der Waals surface area contributed by atoms with Crippen LogP contribution in [0.5, 0.6) is 5.75 Å². The normalized spacial score (nSPS) is 19.4. The summed E-state index contributed by atoms with van der Waals surface area (Å²) in [6.45, 7) is 1.68. The molecule has 1 unspecified atom stereocenters. The van der Waals surface area contributed by atoms with Crippen LogP contribution in [0.4, 0.5) is 5.82 Å². The predicted octanol–water partition coefficient (Wildman–Crippen LogP) is 1.80. The van der Waals surface area contributed by atoms with E-state index in [0.29, 0.717) is 25.0 Å². The molecule has 1 aromatic rings. The van der Waals surface area contributed by atoms with Gasteiger partial charge in [-0.2, -0.15) is 0 Å². The van der Waals surface area contributed by atoms with E-state index >= 15 is 0 Å². The Morgan fingerprint density at radius 2 is 2.29 bits per heavy atom. The lowest BCUT2D eigenvalue weighted by Gasteiger charge is -2.11. The molecular weight excluding hydrogens is 224 g/mol. The minimum atomic E-state index is -0.570. The number of aromatic nitrogens is 1. The van der Waals surface area contributed by atoms with Gasteiger partial charge in [-0.05, 0) is 28.5 Å². The number of nitrogens with zero attached hydrogens (tertiary/aromatic N) is 2. The molecule has 1 heterocycles. The molecule has 6 heteroatoms. The van der Waals surface area contributed by atoms with E-state index in [4.69, 9.17) is 4.74 Å². The molecule has 6 nitrogen and oxygen atoms in total. The van der Waals surface area contributed by atoms with Crippen molar-refractivity contribution in [2.24, 2.45) is 0 Å². The molecule has 0 bridgehead atoms. The van der Waals surface area contributed by atoms with Gasteiger partial charge in [-0.15, -0.1) is 0 Å². The van der Waals surface area contributed by atoms with Gasteiger partial charge in [0, 0.05) is 19.8 Å². The maximum absolute atomic E-state index is 11.1. The van der Waals surface area contributed by atoms with Gasteiger partial charge in [-0.1, -0.05) is 0 Å². The first-order chi connectivity index (χ1) is 8.06. The molecule has 0 spiro atoms. The highest BCUT2D eigenvalue weighted by molar-refractivity contribution is 5.81. The predicted molar refractivity (Wildman–Crippen MR) is 58.9 cm³/mol. The topological polar surface area (TPSA) is 82.3 Å². The summed E-state index contributed by atoms with van der Waals surface area (Å²) >= 11 is 0. The number of Topliss-reactive ketones (excluding diaryl/α,β-unsaturated/α-hetero) is 1. The number of ketones is 1. The molecule has 0 aliphatic heterocycles. The number of rotatable bonds is 3. The maximum Gasteiger partial charge on any atom is 0.406 e. The van der Waals surface area contributed by atoms with Crippen molar-refractivity contribution in [3.63, 3.8) is 0 Å². The third kappa shape index (κ3) is 2.58. The van der Waals surface area contributed by atoms with Crippen molar-refractivity contribution in [3.8, 4) is 5.75 Å². The van der Waals surface area contributed by atoms with Gasteiger partial charge in [0.25, 0.3) is 0 Å². The first-order valence-electron chi connectivity index (χ1n) is 5.36. The molecule has 1 atom stereocenters. The van der Waals surface area contributed by atoms with Crippen LogP contribution in [0.2, 0.25) is 0 Å². The molecule has 2 rings (SSSR count). The van der Waals surface area contributed by atoms with Gasteiger partial charge in [0.2, 0.25) is 5.75 Å². The smallest absolute Gasteiger partial charge is 0.406 e. The van der Waals surface area contributed by atoms with Crippen LogP contribution in [0, 0.1) is 17.0 Å². The van der Waals surface area contributed by atoms with Crippen LogP contribution in [0.3, 0.4) is 0 Å². The average Bonchev–Trinajstić information content (AvgIpc) is 2.66. The Balaban J connectivity index is 2.20. The first kappa shape index (κ1) is 11.5. The molecule has 1 aliphatic carbocycles. The van der Waals surface area contributed by atoms with Gasteiger partial charge in [-0.3, -0.25) is 4.79 Å². The van der Waals surface area contributed by atoms with Crippen molar-refractivity contribution >= 4 is 11.6 Å². The van der Waals surface area contributed by atoms with Crippen LogP contribution < -0.4 is 4.74 Å². The monoisotopic (exact) mass is 236 g/mol. The van der Waals surface area contributed by atoms with Crippen molar-refractivity contribution in [2.75, 3.05) is 0 Å². The summed E-state index contributed by atoms with van der Waals surface area (Å²) < 4.78 is 5.47. The second-order valence-electron chi connectivity index (χ2n) is 4.05. The summed E-state index contributed by atoms with van der Waals surface area (Å²) in [6.07, 6.45) is 1.16. The Kier molecular flexibility index (Phi) is 3.03. The summed E-state index contributed by atoms with van der Waals surface area (Å²) in [5.74, 6) is -0.0117. The highest BCUT2D eigenvalue weighted by atomic mass is 16.6. The molecular formula is C11H12N2O4. The van der Waals surface area contributed by atoms with E-state index in [1.807, 2.05) is 0 Å². The van der Waals surface area contributed by atoms with Gasteiger partial charge in [-0.25, -0.2) is 0 Å². The number of carbonyl (C=O) groups is 1. The van der Waals surface area contributed by atoms with Crippen LogP contribution in [0.25, 0.3) is 0 Å². The Labute approximate surface area is 97.8 Å². The molecule has 1 saturated carbocycles. The Bertz CT molecular complexity index is 473. The van der Waals surface area contributed by atoms with E-state index in [-0.39, 0.29) is 23.5 Å². The van der Waals surface area contributed by atoms with Gasteiger partial charge in [0.15, 0.2) is 0 Å². The van der Waals surface area contributed by atoms with Crippen LogP contribution in [0.15, 0.2) is 12.1 Å². The number of ether oxygens (including phenoxy) is 1. The fourth-order valence-electron chi connectivity index (χ4n) is 1.81. The Hall–Kier alpha value is -1.98. The second kappa shape index (κ2) is 4.48. The number of nitro groups is 1. The lowest BCUT2D eigenvalue weighted by atomic mass is 10.3. The van der Waals surface area contributed by atoms with Crippen LogP contribution >= 0.6 is 0 Å². The summed E-state index contributed by atoms with van der Waals surface area (Å²) in [5, 5.41) is 10.8. The second-order valence-corrected chi connectivity index (χ2v) is 4.05. The third-order valence-electron chi connectivity index (χ3n) is 2.65. The minimum Gasteiger partial charge on any atom is -0.482 e. The molecule has 0 N–H and O–H groups in total. The van der Waals surface area contributed by atoms with E-state index in [0.717, 1.165) is 0 Å². The molecule has 1 aromatic heterocycles. The van der Waals surface area contributed by atoms with Crippen LogP contribution in [-0.4, -0.2) is 21.8 Å². The standard InChI is InChI=1S/C11H12N2O4/c1-7-2-5-10(11(12-7)13(15)16)17-9-4-3-8(14)6-9/h2,5,9H,3-4,6H2,1H3. The maximum atomic E-state index is 11.1. The van der Waals surface area contributed by atoms with Crippen molar-refractivity contribution in [1.82, 2.24) is 4.98 Å². The first-order valence-corrected chi connectivity index (χ1v) is 5.36. The number of hydrogen-bond acceptors (Lipinski definition) is 5. The zero-order valence-electron chi connectivity index (χ0n) is 9.38. The number of pyridine rings is 1. The summed E-state index contributed by atoms with van der Waals surface area (Å²) in [6, 6.07) is 3.18. The third-order valence-corrected chi connectivity index (χ3v) is 2.65. The lowest BCUT2D eigenvalue weighted by molar-refractivity contribution is -0.390. The largest absolute Gasteiger partial charge is 0.482 e. The van der Waals surface area contributed by atoms with E-state index in [1.165, 1.54) is 6.07 Å². The van der Waals surface area contributed by atoms with Crippen molar-refractivity contribution in [3.05, 3.63) is 27.9 Å². The van der Waals surface area contributed by atoms with E-state index in [9.17, 15) is 14.9 Å². The fourth-order valence-corrected chi connectivity index (χ4v) is 1.81. The molecule has 0 amide bonds. The molecule has 1 fully saturated rings. The van der Waals surface area contributed by atoms with Gasteiger partial charge in [0.05, 0.1) is 0 Å².